The summed E-state index contributed by atoms with van der Waals surface area (Å²) in [6.07, 6.45) is 3.24. The van der Waals surface area contributed by atoms with E-state index >= 15 is 0 Å². The fraction of sp³-hybridized carbons (Fsp3) is 0.333. The van der Waals surface area contributed by atoms with Crippen molar-refractivity contribution < 1.29 is 4.79 Å². The summed E-state index contributed by atoms with van der Waals surface area (Å²) < 4.78 is 0. The molecule has 2 fully saturated rings. The molecule has 1 unspecified atom stereocenters. The van der Waals surface area contributed by atoms with Crippen LogP contribution in [0.1, 0.15) is 19.3 Å². The zero-order chi connectivity index (χ0) is 17.6. The number of para-hydroxylation sites is 3. The SMILES string of the molecule is Cl.O=C(Nc1ccccc1-c1nc2ccccc2[nH]1)C1CC12CCNCC2. The van der Waals surface area contributed by atoms with Crippen LogP contribution >= 0.6 is 12.4 Å². The molecule has 1 spiro atoms. The summed E-state index contributed by atoms with van der Waals surface area (Å²) in [5, 5.41) is 6.56. The van der Waals surface area contributed by atoms with Gasteiger partial charge in [0.25, 0.3) is 0 Å². The summed E-state index contributed by atoms with van der Waals surface area (Å²) in [5.41, 5.74) is 3.92. The van der Waals surface area contributed by atoms with Gasteiger partial charge in [-0.15, -0.1) is 12.4 Å². The lowest BCUT2D eigenvalue weighted by Crippen LogP contribution is -2.31. The number of aromatic amines is 1. The van der Waals surface area contributed by atoms with Crippen molar-refractivity contribution in [1.29, 1.82) is 0 Å². The van der Waals surface area contributed by atoms with Crippen LogP contribution in [0.4, 0.5) is 5.69 Å². The molecule has 0 radical (unpaired) electrons. The fourth-order valence-corrected chi connectivity index (χ4v) is 4.29. The van der Waals surface area contributed by atoms with Crippen molar-refractivity contribution in [2.24, 2.45) is 11.3 Å². The van der Waals surface area contributed by atoms with Gasteiger partial charge in [0.1, 0.15) is 5.82 Å². The predicted octanol–water partition coefficient (Wildman–Crippen LogP) is 3.98. The molecule has 3 N–H and O–H groups in total. The highest BCUT2D eigenvalue weighted by molar-refractivity contribution is 5.98. The number of halogens is 1. The van der Waals surface area contributed by atoms with Crippen molar-refractivity contribution in [3.63, 3.8) is 0 Å². The molecule has 0 bridgehead atoms. The summed E-state index contributed by atoms with van der Waals surface area (Å²) in [4.78, 5) is 20.9. The maximum Gasteiger partial charge on any atom is 0.228 e. The molecule has 1 aliphatic heterocycles. The number of benzene rings is 2. The van der Waals surface area contributed by atoms with Crippen molar-refractivity contribution in [3.05, 3.63) is 48.5 Å². The maximum absolute atomic E-state index is 12.8. The number of carbonyl (C=O) groups is 1. The minimum Gasteiger partial charge on any atom is -0.338 e. The number of amides is 1. The van der Waals surface area contributed by atoms with Crippen LogP contribution in [0.25, 0.3) is 22.4 Å². The van der Waals surface area contributed by atoms with Crippen LogP contribution in [0.2, 0.25) is 0 Å². The van der Waals surface area contributed by atoms with E-state index in [1.165, 1.54) is 0 Å². The van der Waals surface area contributed by atoms with Gasteiger partial charge in [0, 0.05) is 11.5 Å². The number of piperidine rings is 1. The van der Waals surface area contributed by atoms with Gasteiger partial charge in [-0.3, -0.25) is 4.79 Å². The average Bonchev–Trinajstić information content (AvgIpc) is 3.18. The molecule has 2 heterocycles. The molecule has 1 aliphatic carbocycles. The minimum atomic E-state index is 0. The van der Waals surface area contributed by atoms with Gasteiger partial charge in [-0.1, -0.05) is 24.3 Å². The molecule has 1 amide bonds. The van der Waals surface area contributed by atoms with E-state index in [1.54, 1.807) is 0 Å². The molecule has 1 saturated carbocycles. The van der Waals surface area contributed by atoms with Crippen molar-refractivity contribution in [3.8, 4) is 11.4 Å². The molecule has 2 aliphatic rings. The normalized spacial score (nSPS) is 20.2. The van der Waals surface area contributed by atoms with E-state index in [2.05, 4.69) is 20.6 Å². The highest BCUT2D eigenvalue weighted by atomic mass is 35.5. The van der Waals surface area contributed by atoms with Gasteiger partial charge in [-0.2, -0.15) is 0 Å². The zero-order valence-corrected chi connectivity index (χ0v) is 15.8. The maximum atomic E-state index is 12.8. The lowest BCUT2D eigenvalue weighted by atomic mass is 9.91. The predicted molar refractivity (Wildman–Crippen MR) is 110 cm³/mol. The molecule has 1 saturated heterocycles. The molecular formula is C21H23ClN4O. The number of hydrogen-bond acceptors (Lipinski definition) is 3. The number of rotatable bonds is 3. The van der Waals surface area contributed by atoms with Crippen LogP contribution in [0, 0.1) is 11.3 Å². The third-order valence-corrected chi connectivity index (χ3v) is 5.93. The first-order chi connectivity index (χ1) is 12.8. The van der Waals surface area contributed by atoms with E-state index in [1.807, 2.05) is 48.5 Å². The first kappa shape index (κ1) is 18.0. The second-order valence-electron chi connectivity index (χ2n) is 7.51. The van der Waals surface area contributed by atoms with Gasteiger partial charge in [-0.05, 0) is 62.0 Å². The first-order valence-corrected chi connectivity index (χ1v) is 9.31. The summed E-state index contributed by atoms with van der Waals surface area (Å²) in [5.74, 6) is 1.08. The van der Waals surface area contributed by atoms with Gasteiger partial charge >= 0.3 is 0 Å². The number of nitrogens with zero attached hydrogens (tertiary/aromatic N) is 1. The van der Waals surface area contributed by atoms with Gasteiger partial charge in [0.2, 0.25) is 5.91 Å². The molecule has 1 aromatic heterocycles. The summed E-state index contributed by atoms with van der Waals surface area (Å²) in [7, 11) is 0. The van der Waals surface area contributed by atoms with E-state index in [9.17, 15) is 4.79 Å². The number of aromatic nitrogens is 2. The Balaban J connectivity index is 0.00000180. The van der Waals surface area contributed by atoms with Crippen LogP contribution in [-0.2, 0) is 4.79 Å². The Bertz CT molecular complexity index is 944. The van der Waals surface area contributed by atoms with E-state index in [-0.39, 0.29) is 29.6 Å². The molecule has 5 nitrogen and oxygen atoms in total. The summed E-state index contributed by atoms with van der Waals surface area (Å²) >= 11 is 0. The third kappa shape index (κ3) is 3.22. The number of H-pyrrole nitrogens is 1. The van der Waals surface area contributed by atoms with Crippen molar-refractivity contribution in [2.45, 2.75) is 19.3 Å². The monoisotopic (exact) mass is 382 g/mol. The van der Waals surface area contributed by atoms with Gasteiger partial charge in [0.05, 0.1) is 16.7 Å². The van der Waals surface area contributed by atoms with Crippen LogP contribution in [0.5, 0.6) is 0 Å². The van der Waals surface area contributed by atoms with Gasteiger partial charge in [-0.25, -0.2) is 4.98 Å². The number of imidazole rings is 1. The number of fused-ring (bicyclic) bond motifs is 1. The zero-order valence-electron chi connectivity index (χ0n) is 15.0. The van der Waals surface area contributed by atoms with Crippen molar-refractivity contribution in [2.75, 3.05) is 18.4 Å². The topological polar surface area (TPSA) is 69.8 Å². The van der Waals surface area contributed by atoms with Crippen LogP contribution in [0.15, 0.2) is 48.5 Å². The Morgan fingerprint density at radius 1 is 1.07 bits per heavy atom. The van der Waals surface area contributed by atoms with E-state index in [0.29, 0.717) is 0 Å². The average molecular weight is 383 g/mol. The van der Waals surface area contributed by atoms with Crippen LogP contribution in [-0.4, -0.2) is 29.0 Å². The fourth-order valence-electron chi connectivity index (χ4n) is 4.29. The van der Waals surface area contributed by atoms with Crippen LogP contribution < -0.4 is 10.6 Å². The van der Waals surface area contributed by atoms with E-state index in [4.69, 9.17) is 0 Å². The molecule has 6 heteroatoms. The van der Waals surface area contributed by atoms with E-state index < -0.39 is 0 Å². The second-order valence-corrected chi connectivity index (χ2v) is 7.51. The molecule has 1 atom stereocenters. The van der Waals surface area contributed by atoms with E-state index in [0.717, 1.165) is 60.5 Å². The lowest BCUT2D eigenvalue weighted by Gasteiger charge is -2.23. The quantitative estimate of drug-likeness (QED) is 0.641. The van der Waals surface area contributed by atoms with Gasteiger partial charge < -0.3 is 15.6 Å². The number of carbonyl (C=O) groups excluding carboxylic acids is 1. The van der Waals surface area contributed by atoms with Crippen molar-refractivity contribution >= 4 is 35.0 Å². The summed E-state index contributed by atoms with van der Waals surface area (Å²) in [6.45, 7) is 2.05. The second kappa shape index (κ2) is 6.98. The third-order valence-electron chi connectivity index (χ3n) is 5.93. The molecule has 27 heavy (non-hydrogen) atoms. The molecule has 5 rings (SSSR count). The Hall–Kier alpha value is -2.37. The number of hydrogen-bond donors (Lipinski definition) is 3. The first-order valence-electron chi connectivity index (χ1n) is 9.31. The Morgan fingerprint density at radius 2 is 1.81 bits per heavy atom. The Labute approximate surface area is 164 Å². The highest BCUT2D eigenvalue weighted by Crippen LogP contribution is 2.58. The Kier molecular flexibility index (Phi) is 4.66. The summed E-state index contributed by atoms with van der Waals surface area (Å²) in [6, 6.07) is 15.9. The number of nitrogens with one attached hydrogen (secondary N) is 3. The smallest absolute Gasteiger partial charge is 0.228 e. The Morgan fingerprint density at radius 3 is 2.63 bits per heavy atom. The largest absolute Gasteiger partial charge is 0.338 e. The lowest BCUT2D eigenvalue weighted by molar-refractivity contribution is -0.118. The standard InChI is InChI=1S/C21H22N4O.ClH/c26-20(15-13-21(15)9-11-22-12-10-21)25-16-6-2-1-5-14(16)19-23-17-7-3-4-8-18(17)24-19;/h1-8,15,22H,9-13H2,(H,23,24)(H,25,26);1H. The highest BCUT2D eigenvalue weighted by Gasteiger charge is 2.57. The molecule has 140 valence electrons. The molecular weight excluding hydrogens is 360 g/mol. The van der Waals surface area contributed by atoms with Crippen LogP contribution in [0.3, 0.4) is 0 Å². The minimum absolute atomic E-state index is 0. The molecule has 3 aromatic rings. The van der Waals surface area contributed by atoms with Crippen molar-refractivity contribution in [1.82, 2.24) is 15.3 Å². The van der Waals surface area contributed by atoms with Gasteiger partial charge in [0.15, 0.2) is 0 Å². The molecule has 2 aromatic carbocycles. The number of anilines is 1.